The Hall–Kier alpha value is -0.860. The summed E-state index contributed by atoms with van der Waals surface area (Å²) < 4.78 is 5.55. The third kappa shape index (κ3) is 6.22. The van der Waals surface area contributed by atoms with Crippen LogP contribution < -0.4 is 0 Å². The molecule has 0 radical (unpaired) electrons. The van der Waals surface area contributed by atoms with Crippen molar-refractivity contribution in [3.05, 3.63) is 0 Å². The Bertz CT molecular complexity index is 286. The number of carbonyl (C=O) groups is 2. The quantitative estimate of drug-likeness (QED) is 0.517. The van der Waals surface area contributed by atoms with Crippen molar-refractivity contribution >= 4 is 11.8 Å². The van der Waals surface area contributed by atoms with Gasteiger partial charge in [0.25, 0.3) is 0 Å². The Kier molecular flexibility index (Phi) is 7.76. The van der Waals surface area contributed by atoms with Crippen LogP contribution in [0.3, 0.4) is 0 Å². The molecule has 0 amide bonds. The second kappa shape index (κ2) is 9.11. The second-order valence-corrected chi connectivity index (χ2v) is 5.63. The molecule has 1 aliphatic rings. The zero-order valence-corrected chi connectivity index (χ0v) is 12.5. The van der Waals surface area contributed by atoms with Crippen LogP contribution in [-0.4, -0.2) is 17.9 Å². The fourth-order valence-electron chi connectivity index (χ4n) is 2.76. The highest BCUT2D eigenvalue weighted by molar-refractivity contribution is 5.78. The lowest BCUT2D eigenvalue weighted by Crippen LogP contribution is -2.27. The van der Waals surface area contributed by atoms with Crippen LogP contribution in [0.2, 0.25) is 0 Å². The van der Waals surface area contributed by atoms with Gasteiger partial charge in [-0.25, -0.2) is 0 Å². The van der Waals surface area contributed by atoms with E-state index in [1.165, 1.54) is 6.42 Å². The Morgan fingerprint density at radius 3 is 2.53 bits per heavy atom. The van der Waals surface area contributed by atoms with E-state index >= 15 is 0 Å². The highest BCUT2D eigenvalue weighted by Gasteiger charge is 2.28. The van der Waals surface area contributed by atoms with Gasteiger partial charge in [-0.2, -0.15) is 0 Å². The average Bonchev–Trinajstić information content (AvgIpc) is 2.62. The van der Waals surface area contributed by atoms with Crippen molar-refractivity contribution in [3.8, 4) is 0 Å². The fraction of sp³-hybridized carbons (Fsp3) is 0.875. The van der Waals surface area contributed by atoms with E-state index in [9.17, 15) is 9.59 Å². The van der Waals surface area contributed by atoms with Gasteiger partial charge in [0.2, 0.25) is 0 Å². The van der Waals surface area contributed by atoms with Gasteiger partial charge in [-0.3, -0.25) is 9.59 Å². The van der Waals surface area contributed by atoms with E-state index in [0.29, 0.717) is 25.0 Å². The SMILES string of the molecule is CCCCC(=O)C[C@@H]1CCCCC[C@H]1OC(=O)CC. The summed E-state index contributed by atoms with van der Waals surface area (Å²) in [6.45, 7) is 3.92. The summed E-state index contributed by atoms with van der Waals surface area (Å²) in [6, 6.07) is 0. The molecule has 1 fully saturated rings. The van der Waals surface area contributed by atoms with Gasteiger partial charge in [0.05, 0.1) is 0 Å². The molecule has 0 saturated heterocycles. The third-order valence-corrected chi connectivity index (χ3v) is 3.96. The zero-order valence-electron chi connectivity index (χ0n) is 12.5. The molecule has 0 aromatic carbocycles. The van der Waals surface area contributed by atoms with Crippen LogP contribution in [-0.2, 0) is 14.3 Å². The van der Waals surface area contributed by atoms with Crippen molar-refractivity contribution < 1.29 is 14.3 Å². The Balaban J connectivity index is 2.52. The van der Waals surface area contributed by atoms with E-state index in [0.717, 1.165) is 38.5 Å². The van der Waals surface area contributed by atoms with Gasteiger partial charge >= 0.3 is 5.97 Å². The van der Waals surface area contributed by atoms with Crippen LogP contribution in [0.1, 0.15) is 78.1 Å². The Morgan fingerprint density at radius 2 is 1.84 bits per heavy atom. The molecule has 0 heterocycles. The molecule has 1 rings (SSSR count). The maximum absolute atomic E-state index is 11.9. The summed E-state index contributed by atoms with van der Waals surface area (Å²) in [5.41, 5.74) is 0. The number of ketones is 1. The molecule has 0 spiro atoms. The highest BCUT2D eigenvalue weighted by Crippen LogP contribution is 2.29. The largest absolute Gasteiger partial charge is 0.462 e. The molecule has 2 atom stereocenters. The van der Waals surface area contributed by atoms with E-state index in [-0.39, 0.29) is 18.0 Å². The Morgan fingerprint density at radius 1 is 1.11 bits per heavy atom. The van der Waals surface area contributed by atoms with E-state index in [2.05, 4.69) is 6.92 Å². The van der Waals surface area contributed by atoms with Crippen LogP contribution in [0.5, 0.6) is 0 Å². The summed E-state index contributed by atoms with van der Waals surface area (Å²) in [7, 11) is 0. The van der Waals surface area contributed by atoms with Crippen LogP contribution in [0.15, 0.2) is 0 Å². The summed E-state index contributed by atoms with van der Waals surface area (Å²) in [6.07, 6.45) is 9.14. The monoisotopic (exact) mass is 268 g/mol. The molecular weight excluding hydrogens is 240 g/mol. The number of Topliss-reactive ketones (excluding diaryl/α,β-unsaturated/α-hetero) is 1. The molecular formula is C16H28O3. The number of carbonyl (C=O) groups excluding carboxylic acids is 2. The smallest absolute Gasteiger partial charge is 0.305 e. The predicted molar refractivity (Wildman–Crippen MR) is 75.9 cm³/mol. The van der Waals surface area contributed by atoms with E-state index in [1.807, 2.05) is 6.92 Å². The molecule has 19 heavy (non-hydrogen) atoms. The minimum Gasteiger partial charge on any atom is -0.462 e. The van der Waals surface area contributed by atoms with Gasteiger partial charge in [-0.15, -0.1) is 0 Å². The molecule has 1 saturated carbocycles. The van der Waals surface area contributed by atoms with Crippen molar-refractivity contribution in [2.24, 2.45) is 5.92 Å². The number of hydrogen-bond acceptors (Lipinski definition) is 3. The molecule has 3 heteroatoms. The first kappa shape index (κ1) is 16.2. The molecule has 110 valence electrons. The van der Waals surface area contributed by atoms with Gasteiger partial charge in [-0.1, -0.05) is 33.1 Å². The molecule has 3 nitrogen and oxygen atoms in total. The maximum Gasteiger partial charge on any atom is 0.305 e. The second-order valence-electron chi connectivity index (χ2n) is 5.63. The maximum atomic E-state index is 11.9. The van der Waals surface area contributed by atoms with Gasteiger partial charge < -0.3 is 4.74 Å². The van der Waals surface area contributed by atoms with Gasteiger partial charge in [0.15, 0.2) is 0 Å². The first-order valence-electron chi connectivity index (χ1n) is 7.88. The van der Waals surface area contributed by atoms with E-state index < -0.39 is 0 Å². The first-order valence-corrected chi connectivity index (χ1v) is 7.88. The average molecular weight is 268 g/mol. The predicted octanol–water partition coefficient (Wildman–Crippen LogP) is 4.04. The number of unbranched alkanes of at least 4 members (excludes halogenated alkanes) is 1. The lowest BCUT2D eigenvalue weighted by molar-refractivity contribution is -0.152. The molecule has 0 bridgehead atoms. The lowest BCUT2D eigenvalue weighted by Gasteiger charge is -2.24. The van der Waals surface area contributed by atoms with Crippen molar-refractivity contribution in [3.63, 3.8) is 0 Å². The summed E-state index contributed by atoms with van der Waals surface area (Å²) in [5, 5.41) is 0. The van der Waals surface area contributed by atoms with Gasteiger partial charge in [-0.05, 0) is 25.7 Å². The number of hydrogen-bond donors (Lipinski definition) is 0. The molecule has 0 aliphatic heterocycles. The number of rotatable bonds is 7. The van der Waals surface area contributed by atoms with Crippen molar-refractivity contribution in [2.75, 3.05) is 0 Å². The minimum atomic E-state index is -0.127. The Labute approximate surface area is 117 Å². The first-order chi connectivity index (χ1) is 9.17. The summed E-state index contributed by atoms with van der Waals surface area (Å²) in [5.74, 6) is 0.464. The van der Waals surface area contributed by atoms with Crippen LogP contribution in [0, 0.1) is 5.92 Å². The van der Waals surface area contributed by atoms with Gasteiger partial charge in [0, 0.05) is 25.2 Å². The topological polar surface area (TPSA) is 43.4 Å². The van der Waals surface area contributed by atoms with Crippen LogP contribution in [0.25, 0.3) is 0 Å². The summed E-state index contributed by atoms with van der Waals surface area (Å²) in [4.78, 5) is 23.4. The standard InChI is InChI=1S/C16H28O3/c1-3-5-10-14(17)12-13-9-7-6-8-11-15(13)19-16(18)4-2/h13,15H,3-12H2,1-2H3/t13-,15+/m0/s1. The van der Waals surface area contributed by atoms with E-state index in [4.69, 9.17) is 4.74 Å². The van der Waals surface area contributed by atoms with Crippen molar-refractivity contribution in [1.29, 1.82) is 0 Å². The van der Waals surface area contributed by atoms with Crippen LogP contribution in [0.4, 0.5) is 0 Å². The molecule has 0 unspecified atom stereocenters. The molecule has 0 aromatic heterocycles. The van der Waals surface area contributed by atoms with Crippen LogP contribution >= 0.6 is 0 Å². The van der Waals surface area contributed by atoms with Gasteiger partial charge in [0.1, 0.15) is 11.9 Å². The molecule has 0 aromatic rings. The lowest BCUT2D eigenvalue weighted by atomic mass is 9.90. The van der Waals surface area contributed by atoms with E-state index in [1.54, 1.807) is 0 Å². The third-order valence-electron chi connectivity index (χ3n) is 3.96. The molecule has 0 N–H and O–H groups in total. The fourth-order valence-corrected chi connectivity index (χ4v) is 2.76. The number of esters is 1. The molecule has 1 aliphatic carbocycles. The number of ether oxygens (including phenoxy) is 1. The highest BCUT2D eigenvalue weighted by atomic mass is 16.5. The zero-order chi connectivity index (χ0) is 14.1. The summed E-state index contributed by atoms with van der Waals surface area (Å²) >= 11 is 0. The van der Waals surface area contributed by atoms with Crippen molar-refractivity contribution in [2.45, 2.75) is 84.2 Å². The van der Waals surface area contributed by atoms with Crippen molar-refractivity contribution in [1.82, 2.24) is 0 Å². The normalized spacial score (nSPS) is 23.7. The minimum absolute atomic E-state index is 0.0273.